The molecule has 180 valence electrons. The van der Waals surface area contributed by atoms with E-state index in [0.717, 1.165) is 22.5 Å². The number of thiophene rings is 1. The Balaban J connectivity index is 1.96. The number of nitrogens with zero attached hydrogens (tertiary/aromatic N) is 2. The van der Waals surface area contributed by atoms with Gasteiger partial charge in [-0.3, -0.25) is 9.59 Å². The molecule has 0 saturated carbocycles. The van der Waals surface area contributed by atoms with Crippen molar-refractivity contribution in [1.82, 2.24) is 4.90 Å². The van der Waals surface area contributed by atoms with Gasteiger partial charge in [-0.05, 0) is 53.1 Å². The fraction of sp³-hybridized carbons (Fsp3) is 0.357. The lowest BCUT2D eigenvalue weighted by Gasteiger charge is -2.31. The van der Waals surface area contributed by atoms with Crippen molar-refractivity contribution in [2.45, 2.75) is 46.7 Å². The molecular formula is C28H35N3O2S. The van der Waals surface area contributed by atoms with Crippen molar-refractivity contribution in [2.24, 2.45) is 5.41 Å². The molecule has 0 radical (unpaired) electrons. The maximum atomic E-state index is 13.6. The number of carbonyl (C=O) groups is 2. The Morgan fingerprint density at radius 2 is 1.71 bits per heavy atom. The fourth-order valence-corrected chi connectivity index (χ4v) is 4.61. The van der Waals surface area contributed by atoms with Crippen molar-refractivity contribution >= 4 is 34.5 Å². The van der Waals surface area contributed by atoms with Gasteiger partial charge in [0.25, 0.3) is 5.91 Å². The highest BCUT2D eigenvalue weighted by Crippen LogP contribution is 2.31. The number of amides is 2. The van der Waals surface area contributed by atoms with Gasteiger partial charge in [0, 0.05) is 38.4 Å². The Morgan fingerprint density at radius 3 is 2.29 bits per heavy atom. The second kappa shape index (κ2) is 10.9. The molecule has 1 N–H and O–H groups in total. The lowest BCUT2D eigenvalue weighted by molar-refractivity contribution is -0.117. The van der Waals surface area contributed by atoms with Gasteiger partial charge in [-0.15, -0.1) is 11.3 Å². The smallest absolute Gasteiger partial charge is 0.264 e. The third kappa shape index (κ3) is 6.70. The van der Waals surface area contributed by atoms with Gasteiger partial charge >= 0.3 is 0 Å². The summed E-state index contributed by atoms with van der Waals surface area (Å²) in [5.74, 6) is -0.0153. The van der Waals surface area contributed by atoms with E-state index in [1.807, 2.05) is 98.6 Å². The molecule has 34 heavy (non-hydrogen) atoms. The second-order valence-electron chi connectivity index (χ2n) is 10.0. The van der Waals surface area contributed by atoms with Crippen LogP contribution in [0.1, 0.15) is 61.0 Å². The Kier molecular flexibility index (Phi) is 8.15. The van der Waals surface area contributed by atoms with Crippen LogP contribution in [0.2, 0.25) is 0 Å². The molecule has 0 saturated heterocycles. The largest absolute Gasteiger partial charge is 0.377 e. The van der Waals surface area contributed by atoms with Crippen LogP contribution in [0.25, 0.3) is 0 Å². The van der Waals surface area contributed by atoms with E-state index in [0.29, 0.717) is 17.8 Å². The van der Waals surface area contributed by atoms with Crippen molar-refractivity contribution in [3.8, 4) is 0 Å². The first-order valence-corrected chi connectivity index (χ1v) is 12.4. The highest BCUT2D eigenvalue weighted by molar-refractivity contribution is 7.12. The van der Waals surface area contributed by atoms with Gasteiger partial charge < -0.3 is 15.1 Å². The Bertz CT molecular complexity index is 1100. The molecular weight excluding hydrogens is 442 g/mol. The first-order chi connectivity index (χ1) is 16.0. The molecule has 0 aliphatic rings. The summed E-state index contributed by atoms with van der Waals surface area (Å²) < 4.78 is 0. The number of hydrogen-bond acceptors (Lipinski definition) is 4. The number of anilines is 2. The molecule has 2 aromatic carbocycles. The minimum Gasteiger partial charge on any atom is -0.377 e. The second-order valence-corrected chi connectivity index (χ2v) is 11.0. The van der Waals surface area contributed by atoms with E-state index in [-0.39, 0.29) is 23.3 Å². The summed E-state index contributed by atoms with van der Waals surface area (Å²) in [4.78, 5) is 30.8. The molecule has 1 heterocycles. The molecule has 0 unspecified atom stereocenters. The summed E-state index contributed by atoms with van der Waals surface area (Å²) in [6.07, 6.45) is 0.436. The number of hydrogen-bond donors (Lipinski definition) is 1. The monoisotopic (exact) mass is 477 g/mol. The van der Waals surface area contributed by atoms with E-state index in [1.54, 1.807) is 0 Å². The van der Waals surface area contributed by atoms with Gasteiger partial charge in [0.1, 0.15) is 0 Å². The van der Waals surface area contributed by atoms with E-state index < -0.39 is 0 Å². The molecule has 0 aliphatic carbocycles. The van der Waals surface area contributed by atoms with Crippen LogP contribution < -0.4 is 10.2 Å². The van der Waals surface area contributed by atoms with E-state index >= 15 is 0 Å². The predicted octanol–water partition coefficient (Wildman–Crippen LogP) is 6.59. The maximum absolute atomic E-state index is 13.6. The average Bonchev–Trinajstić information content (AvgIpc) is 3.31. The molecule has 1 aromatic heterocycles. The van der Waals surface area contributed by atoms with Gasteiger partial charge in [-0.25, -0.2) is 0 Å². The summed E-state index contributed by atoms with van der Waals surface area (Å²) in [7, 11) is 3.98. The topological polar surface area (TPSA) is 52.7 Å². The minimum atomic E-state index is -0.120. The van der Waals surface area contributed by atoms with Crippen molar-refractivity contribution in [1.29, 1.82) is 0 Å². The van der Waals surface area contributed by atoms with Crippen LogP contribution in [0.15, 0.2) is 66.0 Å². The number of carbonyl (C=O) groups excluding carboxylic acids is 2. The van der Waals surface area contributed by atoms with Gasteiger partial charge in [-0.1, -0.05) is 57.2 Å². The van der Waals surface area contributed by atoms with Crippen LogP contribution in [0.5, 0.6) is 0 Å². The van der Waals surface area contributed by atoms with E-state index in [2.05, 4.69) is 24.4 Å². The zero-order valence-corrected chi connectivity index (χ0v) is 21.8. The van der Waals surface area contributed by atoms with Gasteiger partial charge in [-0.2, -0.15) is 0 Å². The number of benzene rings is 2. The molecule has 0 bridgehead atoms. The summed E-state index contributed by atoms with van der Waals surface area (Å²) in [5, 5.41) is 4.96. The minimum absolute atomic E-state index is 0.00164. The number of rotatable bonds is 8. The van der Waals surface area contributed by atoms with E-state index in [4.69, 9.17) is 0 Å². The highest BCUT2D eigenvalue weighted by Gasteiger charge is 2.25. The molecule has 3 aromatic rings. The SMILES string of the molecule is C[C@@H](c1ccccc1)N(Cc1cc(NC(=O)CC(C)(C)C)ccc1N(C)C)C(=O)c1cccs1. The standard InChI is InChI=1S/C28H35N3O2S/c1-20(21-11-8-7-9-12-21)31(27(33)25-13-10-16-34-25)19-22-17-23(14-15-24(22)30(5)6)29-26(32)18-28(2,3)4/h7-17,20H,18-19H2,1-6H3,(H,29,32)/t20-/m0/s1. The fourth-order valence-electron chi connectivity index (χ4n) is 3.93. The average molecular weight is 478 g/mol. The zero-order valence-electron chi connectivity index (χ0n) is 21.0. The molecule has 0 fully saturated rings. The quantitative estimate of drug-likeness (QED) is 0.398. The van der Waals surface area contributed by atoms with Gasteiger partial charge in [0.2, 0.25) is 5.91 Å². The van der Waals surface area contributed by atoms with Crippen LogP contribution in [-0.4, -0.2) is 30.8 Å². The molecule has 0 spiro atoms. The van der Waals surface area contributed by atoms with Gasteiger partial charge in [0.15, 0.2) is 0 Å². The van der Waals surface area contributed by atoms with Crippen molar-refractivity contribution < 1.29 is 9.59 Å². The van der Waals surface area contributed by atoms with Crippen molar-refractivity contribution in [3.05, 3.63) is 82.0 Å². The lowest BCUT2D eigenvalue weighted by Crippen LogP contribution is -2.33. The highest BCUT2D eigenvalue weighted by atomic mass is 32.1. The Labute approximate surface area is 207 Å². The normalized spacial score (nSPS) is 12.2. The third-order valence-electron chi connectivity index (χ3n) is 5.62. The molecule has 0 aliphatic heterocycles. The van der Waals surface area contributed by atoms with Crippen LogP contribution in [0.4, 0.5) is 11.4 Å². The first-order valence-electron chi connectivity index (χ1n) is 11.5. The Morgan fingerprint density at radius 1 is 1.00 bits per heavy atom. The summed E-state index contributed by atoms with van der Waals surface area (Å²) in [6, 6.07) is 19.6. The predicted molar refractivity (Wildman–Crippen MR) is 143 cm³/mol. The van der Waals surface area contributed by atoms with Crippen molar-refractivity contribution in [2.75, 3.05) is 24.3 Å². The molecule has 5 nitrogen and oxygen atoms in total. The first kappa shape index (κ1) is 25.5. The maximum Gasteiger partial charge on any atom is 0.264 e. The van der Waals surface area contributed by atoms with Crippen LogP contribution in [-0.2, 0) is 11.3 Å². The lowest BCUT2D eigenvalue weighted by atomic mass is 9.92. The molecule has 1 atom stereocenters. The van der Waals surface area contributed by atoms with Crippen molar-refractivity contribution in [3.63, 3.8) is 0 Å². The third-order valence-corrected chi connectivity index (χ3v) is 6.48. The van der Waals surface area contributed by atoms with Gasteiger partial charge in [0.05, 0.1) is 10.9 Å². The number of nitrogens with one attached hydrogen (secondary N) is 1. The summed E-state index contributed by atoms with van der Waals surface area (Å²) in [5.41, 5.74) is 3.72. The van der Waals surface area contributed by atoms with E-state index in [9.17, 15) is 9.59 Å². The molecule has 3 rings (SSSR count). The summed E-state index contributed by atoms with van der Waals surface area (Å²) in [6.45, 7) is 8.62. The summed E-state index contributed by atoms with van der Waals surface area (Å²) >= 11 is 1.45. The van der Waals surface area contributed by atoms with Crippen LogP contribution in [0.3, 0.4) is 0 Å². The van der Waals surface area contributed by atoms with E-state index in [1.165, 1.54) is 11.3 Å². The Hall–Kier alpha value is -3.12. The zero-order chi connectivity index (χ0) is 24.9. The molecule has 2 amide bonds. The van der Waals surface area contributed by atoms with Crippen LogP contribution >= 0.6 is 11.3 Å². The molecule has 6 heteroatoms. The van der Waals surface area contributed by atoms with Crippen LogP contribution in [0, 0.1) is 5.41 Å².